The highest BCUT2D eigenvalue weighted by molar-refractivity contribution is 9.10. The summed E-state index contributed by atoms with van der Waals surface area (Å²) in [6, 6.07) is 0.269. The fourth-order valence-corrected chi connectivity index (χ4v) is 2.01. The molecule has 1 aliphatic rings. The molecule has 1 aliphatic carbocycles. The SMILES string of the molecule is Cl.N[C@H](c1c(O)c(Br)cc(F)c1F)C1CC1. The van der Waals surface area contributed by atoms with Crippen LogP contribution in [0.2, 0.25) is 0 Å². The van der Waals surface area contributed by atoms with Gasteiger partial charge in [-0.1, -0.05) is 0 Å². The molecule has 2 nitrogen and oxygen atoms in total. The van der Waals surface area contributed by atoms with Crippen LogP contribution in [0.15, 0.2) is 10.5 Å². The second-order valence-corrected chi connectivity index (χ2v) is 4.63. The number of hydrogen-bond acceptors (Lipinski definition) is 2. The molecular weight excluding hydrogens is 303 g/mol. The van der Waals surface area contributed by atoms with Crippen molar-refractivity contribution in [2.24, 2.45) is 11.7 Å². The van der Waals surface area contributed by atoms with Gasteiger partial charge in [0.1, 0.15) is 5.75 Å². The minimum atomic E-state index is -1.05. The van der Waals surface area contributed by atoms with Gasteiger partial charge >= 0.3 is 0 Å². The summed E-state index contributed by atoms with van der Waals surface area (Å²) in [4.78, 5) is 0. The van der Waals surface area contributed by atoms with E-state index in [9.17, 15) is 13.9 Å². The highest BCUT2D eigenvalue weighted by atomic mass is 79.9. The van der Waals surface area contributed by atoms with Crippen molar-refractivity contribution in [3.05, 3.63) is 27.7 Å². The van der Waals surface area contributed by atoms with E-state index in [1.54, 1.807) is 0 Å². The number of hydrogen-bond donors (Lipinski definition) is 2. The molecule has 1 atom stereocenters. The van der Waals surface area contributed by atoms with Crippen LogP contribution in [0.4, 0.5) is 8.78 Å². The number of nitrogens with two attached hydrogens (primary N) is 1. The predicted molar refractivity (Wildman–Crippen MR) is 62.6 cm³/mol. The Kier molecular flexibility index (Phi) is 4.15. The van der Waals surface area contributed by atoms with Gasteiger partial charge in [0.05, 0.1) is 10.0 Å². The lowest BCUT2D eigenvalue weighted by atomic mass is 10.0. The van der Waals surface area contributed by atoms with Crippen LogP contribution < -0.4 is 5.73 Å². The Hall–Kier alpha value is -0.390. The average Bonchev–Trinajstić information content (AvgIpc) is 2.98. The third-order valence-electron chi connectivity index (χ3n) is 2.64. The summed E-state index contributed by atoms with van der Waals surface area (Å²) in [7, 11) is 0. The number of aromatic hydroxyl groups is 1. The zero-order valence-electron chi connectivity index (χ0n) is 8.21. The molecule has 1 aromatic rings. The average molecular weight is 315 g/mol. The van der Waals surface area contributed by atoms with Crippen molar-refractivity contribution < 1.29 is 13.9 Å². The summed E-state index contributed by atoms with van der Waals surface area (Å²) in [5.74, 6) is -2.19. The molecule has 0 aliphatic heterocycles. The molecule has 0 saturated heterocycles. The zero-order chi connectivity index (χ0) is 11.2. The fourth-order valence-electron chi connectivity index (χ4n) is 1.60. The molecule has 3 N–H and O–H groups in total. The highest BCUT2D eigenvalue weighted by Gasteiger charge is 2.34. The van der Waals surface area contributed by atoms with Crippen molar-refractivity contribution >= 4 is 28.3 Å². The first kappa shape index (κ1) is 13.7. The Morgan fingerprint density at radius 1 is 1.44 bits per heavy atom. The van der Waals surface area contributed by atoms with Gasteiger partial charge < -0.3 is 10.8 Å². The maximum Gasteiger partial charge on any atom is 0.167 e. The van der Waals surface area contributed by atoms with Crippen LogP contribution in [0.5, 0.6) is 5.75 Å². The topological polar surface area (TPSA) is 46.2 Å². The van der Waals surface area contributed by atoms with E-state index in [1.807, 2.05) is 0 Å². The summed E-state index contributed by atoms with van der Waals surface area (Å²) >= 11 is 2.96. The maximum absolute atomic E-state index is 13.4. The van der Waals surface area contributed by atoms with Gasteiger partial charge in [-0.2, -0.15) is 0 Å². The highest BCUT2D eigenvalue weighted by Crippen LogP contribution is 2.45. The van der Waals surface area contributed by atoms with Crippen molar-refractivity contribution in [3.63, 3.8) is 0 Å². The summed E-state index contributed by atoms with van der Waals surface area (Å²) < 4.78 is 26.7. The monoisotopic (exact) mass is 313 g/mol. The predicted octanol–water partition coefficient (Wildman–Crippen LogP) is 3.26. The Morgan fingerprint density at radius 3 is 2.50 bits per heavy atom. The van der Waals surface area contributed by atoms with Crippen LogP contribution >= 0.6 is 28.3 Å². The molecule has 16 heavy (non-hydrogen) atoms. The summed E-state index contributed by atoms with van der Waals surface area (Å²) in [5.41, 5.74) is 5.63. The molecule has 1 fully saturated rings. The van der Waals surface area contributed by atoms with E-state index in [4.69, 9.17) is 5.73 Å². The van der Waals surface area contributed by atoms with Gasteiger partial charge in [0.25, 0.3) is 0 Å². The molecule has 2 rings (SSSR count). The second kappa shape index (κ2) is 4.85. The summed E-state index contributed by atoms with van der Waals surface area (Å²) in [6.45, 7) is 0. The standard InChI is InChI=1S/C10H10BrF2NO.ClH/c11-5-3-6(12)8(13)7(10(5)15)9(14)4-1-2-4;/h3-4,9,15H,1-2,14H2;1H/t9-;/m0./s1. The van der Waals surface area contributed by atoms with Crippen LogP contribution in [-0.2, 0) is 0 Å². The van der Waals surface area contributed by atoms with Crippen molar-refractivity contribution in [1.82, 2.24) is 0 Å². The van der Waals surface area contributed by atoms with Crippen LogP contribution in [0, 0.1) is 17.6 Å². The minimum Gasteiger partial charge on any atom is -0.506 e. The second-order valence-electron chi connectivity index (χ2n) is 3.78. The van der Waals surface area contributed by atoms with E-state index >= 15 is 0 Å². The minimum absolute atomic E-state index is 0. The molecule has 0 spiro atoms. The van der Waals surface area contributed by atoms with E-state index < -0.39 is 17.7 Å². The van der Waals surface area contributed by atoms with Crippen molar-refractivity contribution in [3.8, 4) is 5.75 Å². The van der Waals surface area contributed by atoms with Gasteiger partial charge in [0.2, 0.25) is 0 Å². The lowest BCUT2D eigenvalue weighted by molar-refractivity contribution is 0.420. The van der Waals surface area contributed by atoms with Crippen molar-refractivity contribution in [2.45, 2.75) is 18.9 Å². The first-order chi connectivity index (χ1) is 7.02. The first-order valence-corrected chi connectivity index (χ1v) is 5.43. The van der Waals surface area contributed by atoms with Crippen molar-refractivity contribution in [2.75, 3.05) is 0 Å². The number of halogens is 4. The largest absolute Gasteiger partial charge is 0.506 e. The molecule has 0 heterocycles. The fraction of sp³-hybridized carbons (Fsp3) is 0.400. The number of rotatable bonds is 2. The molecule has 1 aromatic carbocycles. The Labute approximate surface area is 106 Å². The van der Waals surface area contributed by atoms with Crippen LogP contribution in [-0.4, -0.2) is 5.11 Å². The number of benzene rings is 1. The molecule has 90 valence electrons. The smallest absolute Gasteiger partial charge is 0.167 e. The van der Waals surface area contributed by atoms with Crippen LogP contribution in [0.25, 0.3) is 0 Å². The van der Waals surface area contributed by atoms with E-state index in [1.165, 1.54) is 0 Å². The lowest BCUT2D eigenvalue weighted by Crippen LogP contribution is -2.15. The maximum atomic E-state index is 13.4. The zero-order valence-corrected chi connectivity index (χ0v) is 10.6. The molecular formula is C10H11BrClF2NO. The normalized spacial score (nSPS) is 16.8. The van der Waals surface area contributed by atoms with Gasteiger partial charge in [-0.05, 0) is 40.8 Å². The van der Waals surface area contributed by atoms with Crippen molar-refractivity contribution in [1.29, 1.82) is 0 Å². The van der Waals surface area contributed by atoms with Crippen LogP contribution in [0.3, 0.4) is 0 Å². The van der Waals surface area contributed by atoms with Crippen LogP contribution in [0.1, 0.15) is 24.4 Å². The molecule has 0 amide bonds. The quantitative estimate of drug-likeness (QED) is 0.823. The van der Waals surface area contributed by atoms with Gasteiger partial charge in [0.15, 0.2) is 11.6 Å². The third-order valence-corrected chi connectivity index (χ3v) is 3.25. The van der Waals surface area contributed by atoms with Gasteiger partial charge in [-0.25, -0.2) is 8.78 Å². The molecule has 0 aromatic heterocycles. The number of phenolic OH excluding ortho intramolecular Hbond substituents is 1. The Balaban J connectivity index is 0.00000128. The van der Waals surface area contributed by atoms with E-state index in [-0.39, 0.29) is 34.1 Å². The Morgan fingerprint density at radius 2 is 2.00 bits per heavy atom. The molecule has 0 radical (unpaired) electrons. The van der Waals surface area contributed by atoms with E-state index in [0.29, 0.717) is 0 Å². The Bertz CT molecular complexity index is 386. The third kappa shape index (κ3) is 2.31. The molecule has 0 unspecified atom stereocenters. The van der Waals surface area contributed by atoms with Gasteiger partial charge in [0, 0.05) is 6.04 Å². The summed E-state index contributed by atoms with van der Waals surface area (Å²) in [6.07, 6.45) is 1.79. The molecule has 6 heteroatoms. The van der Waals surface area contributed by atoms with E-state index in [0.717, 1.165) is 18.9 Å². The van der Waals surface area contributed by atoms with Gasteiger partial charge in [-0.15, -0.1) is 12.4 Å². The molecule has 0 bridgehead atoms. The first-order valence-electron chi connectivity index (χ1n) is 4.64. The van der Waals surface area contributed by atoms with E-state index in [2.05, 4.69) is 15.9 Å². The molecule has 1 saturated carbocycles. The number of phenols is 1. The summed E-state index contributed by atoms with van der Waals surface area (Å²) in [5, 5.41) is 9.62. The lowest BCUT2D eigenvalue weighted by Gasteiger charge is -2.15. The van der Waals surface area contributed by atoms with Gasteiger partial charge in [-0.3, -0.25) is 0 Å².